The van der Waals surface area contributed by atoms with Crippen molar-refractivity contribution in [3.63, 3.8) is 0 Å². The summed E-state index contributed by atoms with van der Waals surface area (Å²) < 4.78 is 45.5. The number of methoxy groups -OCH3 is 1. The third-order valence-corrected chi connectivity index (χ3v) is 8.53. The number of carbonyl (C=O) groups is 1. The van der Waals surface area contributed by atoms with Crippen molar-refractivity contribution in [3.05, 3.63) is 65.1 Å². The summed E-state index contributed by atoms with van der Waals surface area (Å²) >= 11 is 1.22. The first kappa shape index (κ1) is 29.1. The van der Waals surface area contributed by atoms with E-state index in [9.17, 15) is 28.3 Å². The van der Waals surface area contributed by atoms with E-state index in [4.69, 9.17) is 4.74 Å². The van der Waals surface area contributed by atoms with Crippen LogP contribution >= 0.6 is 11.8 Å². The number of ether oxygens (including phenoxy) is 1. The lowest BCUT2D eigenvalue weighted by Gasteiger charge is -2.40. The molecule has 39 heavy (non-hydrogen) atoms. The average molecular weight is 564 g/mol. The van der Waals surface area contributed by atoms with E-state index in [0.29, 0.717) is 61.7 Å². The summed E-state index contributed by atoms with van der Waals surface area (Å²) in [6, 6.07) is 7.44. The number of benzene rings is 2. The standard InChI is InChI=1S/C28H32F3N3O4S/c1-17-16-32-23-4-3-18(38-2)13-20(23)25(17)24(35)5-6-28(27(36)33-37)7-9-34(10-8-28)11-12-39-19-14-21(29)26(31)22(30)15-19/h3-4,13-16,24,35,37H,5-12H2,1-2H3,(H,33,36)/t24-/m1/s1. The predicted molar refractivity (Wildman–Crippen MR) is 142 cm³/mol. The van der Waals surface area contributed by atoms with Gasteiger partial charge in [-0.05, 0) is 87.2 Å². The summed E-state index contributed by atoms with van der Waals surface area (Å²) in [4.78, 5) is 19.7. The Bertz CT molecular complexity index is 1310. The molecule has 1 aliphatic heterocycles. The van der Waals surface area contributed by atoms with Crippen LogP contribution < -0.4 is 10.2 Å². The van der Waals surface area contributed by atoms with Crippen LogP contribution in [0.2, 0.25) is 0 Å². The van der Waals surface area contributed by atoms with Gasteiger partial charge in [0.05, 0.1) is 24.1 Å². The summed E-state index contributed by atoms with van der Waals surface area (Å²) in [5, 5.41) is 21.5. The molecule has 2 aromatic carbocycles. The molecule has 1 fully saturated rings. The van der Waals surface area contributed by atoms with Gasteiger partial charge in [-0.1, -0.05) is 0 Å². The van der Waals surface area contributed by atoms with Crippen LogP contribution in [0.25, 0.3) is 10.9 Å². The minimum absolute atomic E-state index is 0.308. The highest BCUT2D eigenvalue weighted by molar-refractivity contribution is 7.99. The number of pyridine rings is 1. The van der Waals surface area contributed by atoms with Crippen LogP contribution in [0.4, 0.5) is 13.2 Å². The number of aromatic nitrogens is 1. The van der Waals surface area contributed by atoms with Gasteiger partial charge in [0, 0.05) is 28.8 Å². The van der Waals surface area contributed by atoms with E-state index in [-0.39, 0.29) is 0 Å². The molecule has 0 aliphatic carbocycles. The molecule has 1 aliphatic rings. The van der Waals surface area contributed by atoms with Gasteiger partial charge in [0.1, 0.15) is 5.75 Å². The summed E-state index contributed by atoms with van der Waals surface area (Å²) in [7, 11) is 1.57. The number of amides is 1. The molecule has 7 nitrogen and oxygen atoms in total. The van der Waals surface area contributed by atoms with E-state index in [1.54, 1.807) is 13.3 Å². The molecule has 0 bridgehead atoms. The number of aliphatic hydroxyl groups excluding tert-OH is 1. The van der Waals surface area contributed by atoms with Crippen LogP contribution in [0.5, 0.6) is 5.75 Å². The molecule has 3 N–H and O–H groups in total. The second kappa shape index (κ2) is 12.5. The fourth-order valence-electron chi connectivity index (χ4n) is 5.24. The fourth-order valence-corrected chi connectivity index (χ4v) is 6.20. The Balaban J connectivity index is 1.39. The van der Waals surface area contributed by atoms with Gasteiger partial charge in [0.15, 0.2) is 17.5 Å². The van der Waals surface area contributed by atoms with Gasteiger partial charge in [0.25, 0.3) is 0 Å². The van der Waals surface area contributed by atoms with Gasteiger partial charge in [-0.25, -0.2) is 18.7 Å². The zero-order valence-electron chi connectivity index (χ0n) is 21.8. The van der Waals surface area contributed by atoms with E-state index < -0.39 is 34.9 Å². The number of likely N-dealkylation sites (tertiary alicyclic amines) is 1. The van der Waals surface area contributed by atoms with Crippen LogP contribution in [0, 0.1) is 29.8 Å². The van der Waals surface area contributed by atoms with Gasteiger partial charge in [-0.15, -0.1) is 11.8 Å². The number of hydrogen-bond donors (Lipinski definition) is 3. The molecule has 4 rings (SSSR count). The number of thioether (sulfide) groups is 1. The monoisotopic (exact) mass is 563 g/mol. The van der Waals surface area contributed by atoms with E-state index in [2.05, 4.69) is 9.88 Å². The average Bonchev–Trinajstić information content (AvgIpc) is 2.94. The summed E-state index contributed by atoms with van der Waals surface area (Å²) in [5.41, 5.74) is 3.27. The SMILES string of the molecule is COc1ccc2ncc(C)c([C@H](O)CCC3(C(=O)NO)CCN(CCSc4cc(F)c(F)c(F)c4)CC3)c2c1. The van der Waals surface area contributed by atoms with E-state index in [1.165, 1.54) is 11.8 Å². The largest absolute Gasteiger partial charge is 0.497 e. The molecule has 0 spiro atoms. The van der Waals surface area contributed by atoms with Gasteiger partial charge >= 0.3 is 0 Å². The van der Waals surface area contributed by atoms with Crippen LogP contribution in [0.15, 0.2) is 41.4 Å². The first-order valence-electron chi connectivity index (χ1n) is 12.7. The molecule has 11 heteroatoms. The lowest BCUT2D eigenvalue weighted by Crippen LogP contribution is -2.48. The zero-order chi connectivity index (χ0) is 28.2. The summed E-state index contributed by atoms with van der Waals surface area (Å²) in [6.45, 7) is 3.63. The summed E-state index contributed by atoms with van der Waals surface area (Å²) in [6.07, 6.45) is 2.49. The van der Waals surface area contributed by atoms with Gasteiger partial charge in [0.2, 0.25) is 5.91 Å². The number of fused-ring (bicyclic) bond motifs is 1. The van der Waals surface area contributed by atoms with Crippen molar-refractivity contribution in [2.24, 2.45) is 5.41 Å². The molecular weight excluding hydrogens is 531 g/mol. The number of nitrogens with one attached hydrogen (secondary N) is 1. The smallest absolute Gasteiger partial charge is 0.249 e. The van der Waals surface area contributed by atoms with Crippen molar-refractivity contribution < 1.29 is 33.0 Å². The minimum atomic E-state index is -1.48. The molecule has 3 aromatic rings. The quantitative estimate of drug-likeness (QED) is 0.136. The number of hydroxylamine groups is 1. The highest BCUT2D eigenvalue weighted by Gasteiger charge is 2.41. The molecule has 1 saturated heterocycles. The molecule has 0 radical (unpaired) electrons. The number of rotatable bonds is 10. The van der Waals surface area contributed by atoms with Crippen molar-refractivity contribution in [1.29, 1.82) is 0 Å². The number of carbonyl (C=O) groups excluding carboxylic acids is 1. The second-order valence-electron chi connectivity index (χ2n) is 9.90. The maximum absolute atomic E-state index is 13.5. The van der Waals surface area contributed by atoms with E-state index in [0.717, 1.165) is 34.2 Å². The first-order chi connectivity index (χ1) is 18.7. The molecule has 2 heterocycles. The van der Waals surface area contributed by atoms with Crippen molar-refractivity contribution in [2.45, 2.75) is 43.6 Å². The highest BCUT2D eigenvalue weighted by atomic mass is 32.2. The number of aryl methyl sites for hydroxylation is 1. The lowest BCUT2D eigenvalue weighted by molar-refractivity contribution is -0.143. The molecule has 0 unspecified atom stereocenters. The fraction of sp³-hybridized carbons (Fsp3) is 0.429. The van der Waals surface area contributed by atoms with E-state index in [1.807, 2.05) is 30.6 Å². The molecule has 1 amide bonds. The maximum Gasteiger partial charge on any atom is 0.249 e. The number of hydrogen-bond acceptors (Lipinski definition) is 7. The maximum atomic E-state index is 13.5. The Morgan fingerprint density at radius 1 is 1.21 bits per heavy atom. The van der Waals surface area contributed by atoms with E-state index >= 15 is 0 Å². The van der Waals surface area contributed by atoms with Crippen molar-refractivity contribution in [3.8, 4) is 5.75 Å². The third-order valence-electron chi connectivity index (χ3n) is 7.58. The molecule has 1 aromatic heterocycles. The number of aliphatic hydroxyl groups is 1. The van der Waals surface area contributed by atoms with Gasteiger partial charge < -0.3 is 14.7 Å². The number of nitrogens with zero attached hydrogens (tertiary/aromatic N) is 2. The normalized spacial score (nSPS) is 16.3. The highest BCUT2D eigenvalue weighted by Crippen LogP contribution is 2.40. The topological polar surface area (TPSA) is 94.9 Å². The Morgan fingerprint density at radius 3 is 2.54 bits per heavy atom. The summed E-state index contributed by atoms with van der Waals surface area (Å²) in [5.74, 6) is -3.21. The Labute approximate surface area is 229 Å². The predicted octanol–water partition coefficient (Wildman–Crippen LogP) is 5.16. The minimum Gasteiger partial charge on any atom is -0.497 e. The van der Waals surface area contributed by atoms with Crippen molar-refractivity contribution >= 4 is 28.6 Å². The zero-order valence-corrected chi connectivity index (χ0v) is 22.7. The molecule has 210 valence electrons. The second-order valence-corrected chi connectivity index (χ2v) is 11.1. The van der Waals surface area contributed by atoms with Crippen LogP contribution in [0.1, 0.15) is 42.9 Å². The van der Waals surface area contributed by atoms with Crippen LogP contribution in [0.3, 0.4) is 0 Å². The van der Waals surface area contributed by atoms with Crippen LogP contribution in [-0.2, 0) is 4.79 Å². The van der Waals surface area contributed by atoms with Crippen molar-refractivity contribution in [1.82, 2.24) is 15.4 Å². The molecular formula is C28H32F3N3O4S. The number of halogens is 3. The number of piperidine rings is 1. The third kappa shape index (κ3) is 6.49. The van der Waals surface area contributed by atoms with Gasteiger partial charge in [-0.2, -0.15) is 0 Å². The molecule has 1 atom stereocenters. The van der Waals surface area contributed by atoms with Gasteiger partial charge in [-0.3, -0.25) is 15.0 Å². The molecule has 0 saturated carbocycles. The Morgan fingerprint density at radius 2 is 1.90 bits per heavy atom. The van der Waals surface area contributed by atoms with Crippen molar-refractivity contribution in [2.75, 3.05) is 32.5 Å². The Hall–Kier alpha value is -2.86. The first-order valence-corrected chi connectivity index (χ1v) is 13.7. The lowest BCUT2D eigenvalue weighted by atomic mass is 9.73. The van der Waals surface area contributed by atoms with Crippen LogP contribution in [-0.4, -0.2) is 58.6 Å². The Kier molecular flexibility index (Phi) is 9.37.